The molecule has 0 spiro atoms. The van der Waals surface area contributed by atoms with E-state index in [0.717, 1.165) is 4.47 Å². The van der Waals surface area contributed by atoms with Crippen LogP contribution in [0.25, 0.3) is 0 Å². The highest BCUT2D eigenvalue weighted by Gasteiger charge is 2.08. The third-order valence-electron chi connectivity index (χ3n) is 2.18. The third-order valence-corrected chi connectivity index (χ3v) is 2.71. The summed E-state index contributed by atoms with van der Waals surface area (Å²) in [4.78, 5) is 4.05. The first kappa shape index (κ1) is 12.6. The van der Waals surface area contributed by atoms with Crippen LogP contribution in [-0.2, 0) is 0 Å². The van der Waals surface area contributed by atoms with Crippen LogP contribution in [-0.4, -0.2) is 10.1 Å². The Kier molecular flexibility index (Phi) is 3.92. The summed E-state index contributed by atoms with van der Waals surface area (Å²) in [7, 11) is 0. The summed E-state index contributed by atoms with van der Waals surface area (Å²) in [6.07, 6.45) is -1.24. The third kappa shape index (κ3) is 3.06. The Bertz CT molecular complexity index is 578. The minimum Gasteiger partial charge on any atom is -0.439 e. The van der Waals surface area contributed by atoms with E-state index in [1.165, 1.54) is 0 Å². The molecule has 0 fully saturated rings. The summed E-state index contributed by atoms with van der Waals surface area (Å²) in [6.45, 7) is 0. The zero-order chi connectivity index (χ0) is 13.0. The van der Waals surface area contributed by atoms with Gasteiger partial charge in [-0.05, 0) is 30.3 Å². The highest BCUT2D eigenvalue weighted by molar-refractivity contribution is 9.10. The van der Waals surface area contributed by atoms with Crippen LogP contribution in [0.4, 0.5) is 0 Å². The molecule has 1 unspecified atom stereocenters. The Balaban J connectivity index is 2.19. The number of benzene rings is 1. The van der Waals surface area contributed by atoms with E-state index in [2.05, 4.69) is 20.9 Å². The van der Waals surface area contributed by atoms with Crippen LogP contribution in [0, 0.1) is 11.3 Å². The summed E-state index contributed by atoms with van der Waals surface area (Å²) < 4.78 is 6.47. The lowest BCUT2D eigenvalue weighted by molar-refractivity contribution is 0.229. The maximum absolute atomic E-state index is 9.37. The van der Waals surface area contributed by atoms with Crippen molar-refractivity contribution in [3.63, 3.8) is 0 Å². The molecule has 1 heterocycles. The van der Waals surface area contributed by atoms with E-state index in [-0.39, 0.29) is 5.69 Å². The SMILES string of the molecule is N#CC(O)c1cccc(Oc2ccc(Br)cc2)n1. The van der Waals surface area contributed by atoms with Gasteiger partial charge in [-0.25, -0.2) is 4.98 Å². The first-order chi connectivity index (χ1) is 8.69. The molecule has 1 atom stereocenters. The van der Waals surface area contributed by atoms with Crippen LogP contribution in [0.3, 0.4) is 0 Å². The number of aliphatic hydroxyl groups excluding tert-OH is 1. The van der Waals surface area contributed by atoms with Gasteiger partial charge in [-0.15, -0.1) is 0 Å². The molecule has 2 aromatic rings. The van der Waals surface area contributed by atoms with Gasteiger partial charge in [-0.1, -0.05) is 22.0 Å². The summed E-state index contributed by atoms with van der Waals surface area (Å²) in [5.74, 6) is 0.971. The van der Waals surface area contributed by atoms with Gasteiger partial charge in [0.1, 0.15) is 11.8 Å². The highest BCUT2D eigenvalue weighted by atomic mass is 79.9. The van der Waals surface area contributed by atoms with Gasteiger partial charge < -0.3 is 9.84 Å². The molecule has 0 amide bonds. The fourth-order valence-electron chi connectivity index (χ4n) is 1.33. The van der Waals surface area contributed by atoms with Gasteiger partial charge in [0, 0.05) is 10.5 Å². The van der Waals surface area contributed by atoms with E-state index in [1.807, 2.05) is 12.1 Å². The largest absolute Gasteiger partial charge is 0.439 e. The molecule has 0 aliphatic rings. The Morgan fingerprint density at radius 3 is 2.61 bits per heavy atom. The minimum absolute atomic E-state index is 0.270. The van der Waals surface area contributed by atoms with Gasteiger partial charge >= 0.3 is 0 Å². The van der Waals surface area contributed by atoms with Gasteiger partial charge in [-0.3, -0.25) is 0 Å². The number of hydrogen-bond donors (Lipinski definition) is 1. The van der Waals surface area contributed by atoms with E-state index in [9.17, 15) is 5.11 Å². The van der Waals surface area contributed by atoms with Crippen molar-refractivity contribution in [1.29, 1.82) is 5.26 Å². The molecule has 1 aromatic heterocycles. The number of aliphatic hydroxyl groups is 1. The van der Waals surface area contributed by atoms with Gasteiger partial charge in [0.15, 0.2) is 6.10 Å². The van der Waals surface area contributed by atoms with Crippen molar-refractivity contribution in [2.24, 2.45) is 0 Å². The summed E-state index contributed by atoms with van der Waals surface area (Å²) in [5, 5.41) is 18.0. The molecule has 0 aliphatic heterocycles. The number of nitriles is 1. The number of ether oxygens (including phenoxy) is 1. The molecule has 1 aromatic carbocycles. The average Bonchev–Trinajstić information content (AvgIpc) is 2.41. The van der Waals surface area contributed by atoms with Crippen molar-refractivity contribution < 1.29 is 9.84 Å². The second-order valence-corrected chi connectivity index (χ2v) is 4.40. The predicted molar refractivity (Wildman–Crippen MR) is 69.0 cm³/mol. The van der Waals surface area contributed by atoms with Gasteiger partial charge in [0.05, 0.1) is 5.69 Å². The Morgan fingerprint density at radius 2 is 1.94 bits per heavy atom. The van der Waals surface area contributed by atoms with Crippen molar-refractivity contribution >= 4 is 15.9 Å². The van der Waals surface area contributed by atoms with Crippen LogP contribution < -0.4 is 4.74 Å². The Morgan fingerprint density at radius 1 is 1.22 bits per heavy atom. The lowest BCUT2D eigenvalue weighted by Crippen LogP contribution is -1.98. The average molecular weight is 305 g/mol. The topological polar surface area (TPSA) is 66.1 Å². The van der Waals surface area contributed by atoms with Crippen LogP contribution in [0.15, 0.2) is 46.9 Å². The van der Waals surface area contributed by atoms with E-state index >= 15 is 0 Å². The number of hydrogen-bond acceptors (Lipinski definition) is 4. The fraction of sp³-hybridized carbons (Fsp3) is 0.0769. The predicted octanol–water partition coefficient (Wildman–Crippen LogP) is 3.19. The fourth-order valence-corrected chi connectivity index (χ4v) is 1.59. The number of pyridine rings is 1. The number of nitrogens with zero attached hydrogens (tertiary/aromatic N) is 2. The van der Waals surface area contributed by atoms with Crippen LogP contribution >= 0.6 is 15.9 Å². The smallest absolute Gasteiger partial charge is 0.219 e. The van der Waals surface area contributed by atoms with E-state index in [0.29, 0.717) is 11.6 Å². The molecule has 0 saturated carbocycles. The molecule has 2 rings (SSSR count). The van der Waals surface area contributed by atoms with Crippen LogP contribution in [0.1, 0.15) is 11.8 Å². The van der Waals surface area contributed by atoms with E-state index in [1.54, 1.807) is 36.4 Å². The second kappa shape index (κ2) is 5.63. The maximum atomic E-state index is 9.37. The normalized spacial score (nSPS) is 11.6. The van der Waals surface area contributed by atoms with Crippen LogP contribution in [0.5, 0.6) is 11.6 Å². The number of aromatic nitrogens is 1. The van der Waals surface area contributed by atoms with Crippen molar-refractivity contribution in [2.45, 2.75) is 6.10 Å². The second-order valence-electron chi connectivity index (χ2n) is 3.49. The molecule has 0 radical (unpaired) electrons. The van der Waals surface area contributed by atoms with E-state index in [4.69, 9.17) is 10.00 Å². The van der Waals surface area contributed by atoms with Gasteiger partial charge in [-0.2, -0.15) is 5.26 Å². The van der Waals surface area contributed by atoms with Crippen molar-refractivity contribution in [1.82, 2.24) is 4.98 Å². The Hall–Kier alpha value is -1.90. The molecule has 0 bridgehead atoms. The first-order valence-electron chi connectivity index (χ1n) is 5.17. The lowest BCUT2D eigenvalue weighted by Gasteiger charge is -2.07. The zero-order valence-corrected chi connectivity index (χ0v) is 10.8. The molecular formula is C13H9BrN2O2. The standard InChI is InChI=1S/C13H9BrN2O2/c14-9-4-6-10(7-5-9)18-13-3-1-2-11(16-13)12(17)8-15/h1-7,12,17H. The lowest BCUT2D eigenvalue weighted by atomic mass is 10.2. The summed E-state index contributed by atoms with van der Waals surface area (Å²) in [5.41, 5.74) is 0.270. The van der Waals surface area contributed by atoms with Crippen molar-refractivity contribution in [3.05, 3.63) is 52.6 Å². The molecule has 0 aliphatic carbocycles. The number of halogens is 1. The molecular weight excluding hydrogens is 296 g/mol. The van der Waals surface area contributed by atoms with Gasteiger partial charge in [0.2, 0.25) is 5.88 Å². The highest BCUT2D eigenvalue weighted by Crippen LogP contribution is 2.22. The molecule has 18 heavy (non-hydrogen) atoms. The molecule has 4 nitrogen and oxygen atoms in total. The van der Waals surface area contributed by atoms with Crippen molar-refractivity contribution in [2.75, 3.05) is 0 Å². The minimum atomic E-state index is -1.24. The van der Waals surface area contributed by atoms with Crippen LogP contribution in [0.2, 0.25) is 0 Å². The maximum Gasteiger partial charge on any atom is 0.219 e. The van der Waals surface area contributed by atoms with Gasteiger partial charge in [0.25, 0.3) is 0 Å². The number of rotatable bonds is 3. The molecule has 1 N–H and O–H groups in total. The molecule has 90 valence electrons. The zero-order valence-electron chi connectivity index (χ0n) is 9.25. The molecule has 0 saturated heterocycles. The summed E-state index contributed by atoms with van der Waals surface area (Å²) >= 11 is 3.33. The quantitative estimate of drug-likeness (QED) is 0.884. The summed E-state index contributed by atoms with van der Waals surface area (Å²) in [6, 6.07) is 13.9. The van der Waals surface area contributed by atoms with Crippen molar-refractivity contribution in [3.8, 4) is 17.7 Å². The molecule has 5 heteroatoms. The monoisotopic (exact) mass is 304 g/mol. The first-order valence-corrected chi connectivity index (χ1v) is 5.96. The Labute approximate surface area is 113 Å². The van der Waals surface area contributed by atoms with E-state index < -0.39 is 6.10 Å².